The molecule has 0 aromatic rings. The van der Waals surface area contributed by atoms with Gasteiger partial charge in [-0.3, -0.25) is 9.59 Å². The van der Waals surface area contributed by atoms with Crippen LogP contribution in [0.25, 0.3) is 0 Å². The van der Waals surface area contributed by atoms with Gasteiger partial charge in [0.2, 0.25) is 5.91 Å². The van der Waals surface area contributed by atoms with Crippen LogP contribution in [0.5, 0.6) is 0 Å². The Balaban J connectivity index is 1.74. The molecule has 0 aromatic heterocycles. The number of aliphatic carboxylic acids is 1. The molecule has 0 spiro atoms. The van der Waals surface area contributed by atoms with E-state index in [1.165, 1.54) is 0 Å². The van der Waals surface area contributed by atoms with E-state index in [0.29, 0.717) is 19.4 Å². The van der Waals surface area contributed by atoms with E-state index in [-0.39, 0.29) is 29.9 Å². The van der Waals surface area contributed by atoms with Gasteiger partial charge < -0.3 is 10.0 Å². The van der Waals surface area contributed by atoms with Crippen molar-refractivity contribution in [2.24, 2.45) is 17.3 Å². The third-order valence-corrected chi connectivity index (χ3v) is 6.96. The Kier molecular flexibility index (Phi) is 3.08. The number of carboxylic acid groups (broad SMARTS) is 1. The maximum Gasteiger partial charge on any atom is 0.311 e. The third-order valence-electron chi connectivity index (χ3n) is 5.19. The number of carboxylic acids is 1. The Labute approximate surface area is 118 Å². The summed E-state index contributed by atoms with van der Waals surface area (Å²) in [7, 11) is -3.08. The minimum Gasteiger partial charge on any atom is -0.481 e. The first-order valence-corrected chi connectivity index (χ1v) is 8.89. The van der Waals surface area contributed by atoms with E-state index in [9.17, 15) is 23.1 Å². The average molecular weight is 301 g/mol. The second-order valence-corrected chi connectivity index (χ2v) is 8.60. The molecule has 1 unspecified atom stereocenters. The van der Waals surface area contributed by atoms with E-state index in [2.05, 4.69) is 0 Å². The van der Waals surface area contributed by atoms with Gasteiger partial charge in [-0.05, 0) is 25.2 Å². The van der Waals surface area contributed by atoms with Crippen LogP contribution >= 0.6 is 0 Å². The van der Waals surface area contributed by atoms with Crippen molar-refractivity contribution in [3.63, 3.8) is 0 Å². The summed E-state index contributed by atoms with van der Waals surface area (Å²) in [4.78, 5) is 25.6. The molecule has 20 heavy (non-hydrogen) atoms. The molecule has 0 aromatic carbocycles. The number of sulfone groups is 1. The summed E-state index contributed by atoms with van der Waals surface area (Å²) < 4.78 is 22.9. The molecule has 0 bridgehead atoms. The molecule has 112 valence electrons. The SMILES string of the molecule is O=C(C1CCS(=O)(=O)C1)N1C[C@@H]2CCC[C@@]2(C(=O)O)C1. The van der Waals surface area contributed by atoms with Gasteiger partial charge in [-0.15, -0.1) is 0 Å². The molecule has 7 heteroatoms. The lowest BCUT2D eigenvalue weighted by Gasteiger charge is -2.24. The summed E-state index contributed by atoms with van der Waals surface area (Å²) in [5.41, 5.74) is -0.785. The molecule has 3 rings (SSSR count). The van der Waals surface area contributed by atoms with Gasteiger partial charge in [-0.2, -0.15) is 0 Å². The molecule has 2 heterocycles. The molecule has 1 aliphatic carbocycles. The quantitative estimate of drug-likeness (QED) is 0.783. The lowest BCUT2D eigenvalue weighted by molar-refractivity contribution is -0.149. The maximum absolute atomic E-state index is 12.4. The van der Waals surface area contributed by atoms with Crippen molar-refractivity contribution in [2.75, 3.05) is 24.6 Å². The third kappa shape index (κ3) is 2.03. The van der Waals surface area contributed by atoms with Gasteiger partial charge in [0.1, 0.15) is 0 Å². The minimum atomic E-state index is -3.08. The topological polar surface area (TPSA) is 91.8 Å². The number of carbonyl (C=O) groups is 2. The van der Waals surface area contributed by atoms with Gasteiger partial charge >= 0.3 is 5.97 Å². The van der Waals surface area contributed by atoms with E-state index < -0.39 is 27.1 Å². The Morgan fingerprint density at radius 2 is 2.00 bits per heavy atom. The number of nitrogens with zero attached hydrogens (tertiary/aromatic N) is 1. The summed E-state index contributed by atoms with van der Waals surface area (Å²) in [6.45, 7) is 0.726. The first-order valence-electron chi connectivity index (χ1n) is 7.07. The number of amides is 1. The molecule has 3 aliphatic rings. The molecule has 2 aliphatic heterocycles. The first kappa shape index (κ1) is 13.9. The van der Waals surface area contributed by atoms with Crippen molar-refractivity contribution >= 4 is 21.7 Å². The van der Waals surface area contributed by atoms with Crippen molar-refractivity contribution in [2.45, 2.75) is 25.7 Å². The van der Waals surface area contributed by atoms with Crippen molar-refractivity contribution in [1.29, 1.82) is 0 Å². The van der Waals surface area contributed by atoms with Crippen molar-refractivity contribution < 1.29 is 23.1 Å². The van der Waals surface area contributed by atoms with Gasteiger partial charge in [-0.1, -0.05) is 6.42 Å². The highest BCUT2D eigenvalue weighted by atomic mass is 32.2. The summed E-state index contributed by atoms with van der Waals surface area (Å²) in [5.74, 6) is -1.42. The van der Waals surface area contributed by atoms with E-state index in [0.717, 1.165) is 12.8 Å². The standard InChI is InChI=1S/C13H19NO5S/c15-11(9-3-5-20(18,19)7-9)14-6-10-2-1-4-13(10,8-14)12(16)17/h9-10H,1-8H2,(H,16,17)/t9?,10-,13+/m0/s1. The maximum atomic E-state index is 12.4. The lowest BCUT2D eigenvalue weighted by Crippen LogP contribution is -2.39. The highest BCUT2D eigenvalue weighted by Crippen LogP contribution is 2.49. The molecule has 6 nitrogen and oxygen atoms in total. The molecule has 1 amide bonds. The van der Waals surface area contributed by atoms with E-state index in [1.54, 1.807) is 4.90 Å². The number of hydrogen-bond donors (Lipinski definition) is 1. The number of fused-ring (bicyclic) bond motifs is 1. The van der Waals surface area contributed by atoms with Crippen LogP contribution in [0.15, 0.2) is 0 Å². The van der Waals surface area contributed by atoms with Crippen LogP contribution in [0, 0.1) is 17.3 Å². The van der Waals surface area contributed by atoms with Crippen LogP contribution < -0.4 is 0 Å². The minimum absolute atomic E-state index is 0.0296. The van der Waals surface area contributed by atoms with E-state index in [4.69, 9.17) is 0 Å². The van der Waals surface area contributed by atoms with Gasteiger partial charge in [0.05, 0.1) is 22.8 Å². The average Bonchev–Trinajstić information content (AvgIpc) is 2.99. The summed E-state index contributed by atoms with van der Waals surface area (Å²) in [6.07, 6.45) is 2.75. The monoisotopic (exact) mass is 301 g/mol. The highest BCUT2D eigenvalue weighted by Gasteiger charge is 2.56. The van der Waals surface area contributed by atoms with Gasteiger partial charge in [0.15, 0.2) is 9.84 Å². The fourth-order valence-corrected chi connectivity index (χ4v) is 5.79. The van der Waals surface area contributed by atoms with Crippen molar-refractivity contribution in [3.05, 3.63) is 0 Å². The fourth-order valence-electron chi connectivity index (χ4n) is 4.05. The summed E-state index contributed by atoms with van der Waals surface area (Å²) in [6, 6.07) is 0. The van der Waals surface area contributed by atoms with Crippen LogP contribution in [0.2, 0.25) is 0 Å². The molecule has 2 saturated heterocycles. The van der Waals surface area contributed by atoms with E-state index in [1.807, 2.05) is 0 Å². The fraction of sp³-hybridized carbons (Fsp3) is 0.846. The predicted octanol–water partition coefficient (Wildman–Crippen LogP) is 0.134. The molecule has 0 radical (unpaired) electrons. The first-order chi connectivity index (χ1) is 9.34. The number of likely N-dealkylation sites (tertiary alicyclic amines) is 1. The van der Waals surface area contributed by atoms with Gasteiger partial charge in [-0.25, -0.2) is 8.42 Å². The normalized spacial score (nSPS) is 38.9. The number of carbonyl (C=O) groups excluding carboxylic acids is 1. The molecular weight excluding hydrogens is 282 g/mol. The van der Waals surface area contributed by atoms with Gasteiger partial charge in [0, 0.05) is 13.1 Å². The Bertz CT molecular complexity index is 557. The van der Waals surface area contributed by atoms with Crippen LogP contribution in [0.3, 0.4) is 0 Å². The molecule has 3 atom stereocenters. The number of hydrogen-bond acceptors (Lipinski definition) is 4. The second-order valence-electron chi connectivity index (χ2n) is 6.37. The van der Waals surface area contributed by atoms with Crippen LogP contribution in [0.1, 0.15) is 25.7 Å². The smallest absolute Gasteiger partial charge is 0.311 e. The van der Waals surface area contributed by atoms with Crippen molar-refractivity contribution in [1.82, 2.24) is 4.90 Å². The molecular formula is C13H19NO5S. The molecule has 1 saturated carbocycles. The van der Waals surface area contributed by atoms with Crippen molar-refractivity contribution in [3.8, 4) is 0 Å². The van der Waals surface area contributed by atoms with Crippen LogP contribution in [-0.4, -0.2) is 54.9 Å². The summed E-state index contributed by atoms with van der Waals surface area (Å²) >= 11 is 0. The Hall–Kier alpha value is -1.11. The highest BCUT2D eigenvalue weighted by molar-refractivity contribution is 7.91. The Morgan fingerprint density at radius 1 is 1.25 bits per heavy atom. The molecule has 3 fully saturated rings. The zero-order valence-corrected chi connectivity index (χ0v) is 12.1. The van der Waals surface area contributed by atoms with Gasteiger partial charge in [0.25, 0.3) is 0 Å². The largest absolute Gasteiger partial charge is 0.481 e. The van der Waals surface area contributed by atoms with Crippen LogP contribution in [0.4, 0.5) is 0 Å². The summed E-state index contributed by atoms with van der Waals surface area (Å²) in [5, 5.41) is 9.49. The second kappa shape index (κ2) is 4.44. The lowest BCUT2D eigenvalue weighted by atomic mass is 9.81. The predicted molar refractivity (Wildman–Crippen MR) is 70.8 cm³/mol. The van der Waals surface area contributed by atoms with Crippen LogP contribution in [-0.2, 0) is 19.4 Å². The zero-order chi connectivity index (χ0) is 14.5. The molecule has 1 N–H and O–H groups in total. The number of rotatable bonds is 2. The van der Waals surface area contributed by atoms with E-state index >= 15 is 0 Å². The zero-order valence-electron chi connectivity index (χ0n) is 11.2. The Morgan fingerprint density at radius 3 is 2.55 bits per heavy atom.